The van der Waals surface area contributed by atoms with Crippen LogP contribution in [0.5, 0.6) is 0 Å². The quantitative estimate of drug-likeness (QED) is 0.845. The predicted molar refractivity (Wildman–Crippen MR) is 69.5 cm³/mol. The molecule has 0 aliphatic carbocycles. The van der Waals surface area contributed by atoms with Gasteiger partial charge in [-0.1, -0.05) is 32.4 Å². The Hall–Kier alpha value is -1.06. The summed E-state index contributed by atoms with van der Waals surface area (Å²) in [6, 6.07) is 3.66. The van der Waals surface area contributed by atoms with Gasteiger partial charge < -0.3 is 5.11 Å². The Bertz CT molecular complexity index is 552. The molecule has 1 unspecified atom stereocenters. The van der Waals surface area contributed by atoms with Gasteiger partial charge in [0.2, 0.25) is 0 Å². The zero-order valence-electron chi connectivity index (χ0n) is 10.5. The van der Waals surface area contributed by atoms with Gasteiger partial charge in [0.25, 0.3) is 0 Å². The maximum Gasteiger partial charge on any atom is 0.156 e. The molecule has 92 valence electrons. The van der Waals surface area contributed by atoms with Gasteiger partial charge in [-0.3, -0.25) is 4.40 Å². The van der Waals surface area contributed by atoms with E-state index in [4.69, 9.17) is 11.6 Å². The molecule has 2 aromatic heterocycles. The first-order valence-corrected chi connectivity index (χ1v) is 6.05. The molecule has 0 aromatic carbocycles. The number of rotatable bonds is 1. The average Bonchev–Trinajstić information content (AvgIpc) is 2.57. The van der Waals surface area contributed by atoms with Crippen LogP contribution in [-0.2, 0) is 5.41 Å². The molecule has 4 heteroatoms. The zero-order chi connectivity index (χ0) is 12.8. The fraction of sp³-hybridized carbons (Fsp3) is 0.462. The summed E-state index contributed by atoms with van der Waals surface area (Å²) >= 11 is 6.13. The number of fused-ring (bicyclic) bond motifs is 1. The summed E-state index contributed by atoms with van der Waals surface area (Å²) < 4.78 is 1.87. The Morgan fingerprint density at radius 3 is 2.59 bits per heavy atom. The molecule has 2 aromatic rings. The number of hydrogen-bond donors (Lipinski definition) is 1. The van der Waals surface area contributed by atoms with Crippen LogP contribution in [0.1, 0.15) is 45.2 Å². The molecule has 2 heterocycles. The van der Waals surface area contributed by atoms with Gasteiger partial charge in [0, 0.05) is 11.6 Å². The molecule has 2 rings (SSSR count). The Morgan fingerprint density at radius 1 is 1.41 bits per heavy atom. The number of pyridine rings is 1. The van der Waals surface area contributed by atoms with E-state index < -0.39 is 6.10 Å². The summed E-state index contributed by atoms with van der Waals surface area (Å²) in [4.78, 5) is 4.58. The van der Waals surface area contributed by atoms with Crippen LogP contribution in [-0.4, -0.2) is 14.5 Å². The lowest BCUT2D eigenvalue weighted by atomic mass is 9.89. The molecule has 0 saturated heterocycles. The van der Waals surface area contributed by atoms with Crippen molar-refractivity contribution in [3.05, 3.63) is 34.7 Å². The van der Waals surface area contributed by atoms with Crippen LogP contribution in [0.15, 0.2) is 18.3 Å². The summed E-state index contributed by atoms with van der Waals surface area (Å²) in [7, 11) is 0. The molecule has 0 aliphatic heterocycles. The van der Waals surface area contributed by atoms with E-state index in [2.05, 4.69) is 25.8 Å². The molecule has 17 heavy (non-hydrogen) atoms. The van der Waals surface area contributed by atoms with E-state index in [9.17, 15) is 5.11 Å². The van der Waals surface area contributed by atoms with Crippen molar-refractivity contribution in [2.24, 2.45) is 0 Å². The molecule has 0 aliphatic rings. The van der Waals surface area contributed by atoms with Crippen molar-refractivity contribution >= 4 is 17.2 Å². The van der Waals surface area contributed by atoms with Crippen LogP contribution in [0.2, 0.25) is 5.02 Å². The number of halogens is 1. The monoisotopic (exact) mass is 252 g/mol. The van der Waals surface area contributed by atoms with Crippen LogP contribution in [0.3, 0.4) is 0 Å². The van der Waals surface area contributed by atoms with Gasteiger partial charge >= 0.3 is 0 Å². The number of aliphatic hydroxyl groups excluding tert-OH is 1. The van der Waals surface area contributed by atoms with Gasteiger partial charge in [-0.2, -0.15) is 0 Å². The van der Waals surface area contributed by atoms with E-state index in [1.54, 1.807) is 6.92 Å². The minimum atomic E-state index is -0.572. The summed E-state index contributed by atoms with van der Waals surface area (Å²) in [5, 5.41) is 10.5. The summed E-state index contributed by atoms with van der Waals surface area (Å²) in [5.74, 6) is 0. The van der Waals surface area contributed by atoms with E-state index in [0.29, 0.717) is 10.7 Å². The van der Waals surface area contributed by atoms with Gasteiger partial charge in [-0.15, -0.1) is 0 Å². The Kier molecular flexibility index (Phi) is 2.92. The lowest BCUT2D eigenvalue weighted by Gasteiger charge is -2.19. The molecular formula is C13H17ClN2O. The SMILES string of the molecule is CC(O)c1c(C(C)(C)C)nc2c(Cl)cccn12. The highest BCUT2D eigenvalue weighted by Gasteiger charge is 2.26. The fourth-order valence-corrected chi connectivity index (χ4v) is 2.21. The second-order valence-electron chi connectivity index (χ2n) is 5.32. The van der Waals surface area contributed by atoms with Crippen LogP contribution < -0.4 is 0 Å². The number of imidazole rings is 1. The van der Waals surface area contributed by atoms with Gasteiger partial charge in [-0.05, 0) is 19.1 Å². The standard InChI is InChI=1S/C13H17ClN2O/c1-8(17)10-11(13(2,3)4)15-12-9(14)6-5-7-16(10)12/h5-8,17H,1-4H3. The molecular weight excluding hydrogens is 236 g/mol. The lowest BCUT2D eigenvalue weighted by Crippen LogP contribution is -2.16. The number of nitrogens with zero attached hydrogens (tertiary/aromatic N) is 2. The average molecular weight is 253 g/mol. The Balaban J connectivity index is 2.85. The van der Waals surface area contributed by atoms with Crippen molar-refractivity contribution in [1.82, 2.24) is 9.38 Å². The molecule has 0 spiro atoms. The molecule has 3 nitrogen and oxygen atoms in total. The second kappa shape index (κ2) is 4.00. The predicted octanol–water partition coefficient (Wildman–Crippen LogP) is 3.34. The minimum Gasteiger partial charge on any atom is -0.387 e. The molecule has 0 bridgehead atoms. The Morgan fingerprint density at radius 2 is 2.06 bits per heavy atom. The van der Waals surface area contributed by atoms with Gasteiger partial charge in [-0.25, -0.2) is 4.98 Å². The summed E-state index contributed by atoms with van der Waals surface area (Å²) in [6.45, 7) is 7.98. The first kappa shape index (κ1) is 12.4. The highest BCUT2D eigenvalue weighted by Crippen LogP contribution is 2.31. The highest BCUT2D eigenvalue weighted by atomic mass is 35.5. The van der Waals surface area contributed by atoms with E-state index in [1.165, 1.54) is 0 Å². The summed E-state index contributed by atoms with van der Waals surface area (Å²) in [5.41, 5.74) is 2.28. The second-order valence-corrected chi connectivity index (χ2v) is 5.73. The molecule has 0 radical (unpaired) electrons. The van der Waals surface area contributed by atoms with Crippen LogP contribution in [0.25, 0.3) is 5.65 Å². The largest absolute Gasteiger partial charge is 0.387 e. The first-order valence-electron chi connectivity index (χ1n) is 5.67. The molecule has 0 amide bonds. The Labute approximate surface area is 106 Å². The summed E-state index contributed by atoms with van der Waals surface area (Å²) in [6.07, 6.45) is 1.31. The van der Waals surface area contributed by atoms with E-state index in [0.717, 1.165) is 11.4 Å². The maximum atomic E-state index is 9.94. The molecule has 0 saturated carbocycles. The van der Waals surface area contributed by atoms with Crippen molar-refractivity contribution in [2.45, 2.75) is 39.2 Å². The van der Waals surface area contributed by atoms with Gasteiger partial charge in [0.05, 0.1) is 22.5 Å². The van der Waals surface area contributed by atoms with E-state index in [1.807, 2.05) is 22.7 Å². The van der Waals surface area contributed by atoms with Crippen molar-refractivity contribution in [1.29, 1.82) is 0 Å². The minimum absolute atomic E-state index is 0.123. The van der Waals surface area contributed by atoms with Crippen molar-refractivity contribution in [2.75, 3.05) is 0 Å². The normalized spacial score (nSPS) is 14.2. The molecule has 1 N–H and O–H groups in total. The topological polar surface area (TPSA) is 37.5 Å². The third-order valence-electron chi connectivity index (χ3n) is 2.75. The maximum absolute atomic E-state index is 9.94. The molecule has 0 fully saturated rings. The highest BCUT2D eigenvalue weighted by molar-refractivity contribution is 6.33. The van der Waals surface area contributed by atoms with Crippen molar-refractivity contribution in [3.8, 4) is 0 Å². The number of hydrogen-bond acceptors (Lipinski definition) is 2. The van der Waals surface area contributed by atoms with Crippen LogP contribution in [0.4, 0.5) is 0 Å². The number of aromatic nitrogens is 2. The third-order valence-corrected chi connectivity index (χ3v) is 3.04. The number of aliphatic hydroxyl groups is 1. The zero-order valence-corrected chi connectivity index (χ0v) is 11.3. The third kappa shape index (κ3) is 2.05. The fourth-order valence-electron chi connectivity index (χ4n) is 2.00. The first-order chi connectivity index (χ1) is 7.82. The van der Waals surface area contributed by atoms with E-state index in [-0.39, 0.29) is 5.41 Å². The van der Waals surface area contributed by atoms with Crippen LogP contribution in [0, 0.1) is 0 Å². The van der Waals surface area contributed by atoms with Crippen molar-refractivity contribution < 1.29 is 5.11 Å². The lowest BCUT2D eigenvalue weighted by molar-refractivity contribution is 0.190. The molecule has 1 atom stereocenters. The van der Waals surface area contributed by atoms with Gasteiger partial charge in [0.15, 0.2) is 5.65 Å². The van der Waals surface area contributed by atoms with E-state index >= 15 is 0 Å². The van der Waals surface area contributed by atoms with Crippen LogP contribution >= 0.6 is 11.6 Å². The van der Waals surface area contributed by atoms with Crippen molar-refractivity contribution in [3.63, 3.8) is 0 Å². The van der Waals surface area contributed by atoms with Gasteiger partial charge in [0.1, 0.15) is 0 Å². The smallest absolute Gasteiger partial charge is 0.156 e.